The minimum Gasteiger partial charge on any atom is -0.341 e. The van der Waals surface area contributed by atoms with Crippen LogP contribution in [0.15, 0.2) is 60.7 Å². The van der Waals surface area contributed by atoms with Crippen molar-refractivity contribution in [1.82, 2.24) is 4.57 Å². The summed E-state index contributed by atoms with van der Waals surface area (Å²) in [5, 5.41) is -0.178. The van der Waals surface area contributed by atoms with Gasteiger partial charge in [0, 0.05) is 23.1 Å². The van der Waals surface area contributed by atoms with Crippen LogP contribution in [0.3, 0.4) is 0 Å². The Morgan fingerprint density at radius 1 is 0.730 bits per heavy atom. The van der Waals surface area contributed by atoms with Crippen LogP contribution < -0.4 is 0 Å². The molecule has 0 saturated carbocycles. The molecule has 0 bridgehead atoms. The van der Waals surface area contributed by atoms with Crippen molar-refractivity contribution in [3.05, 3.63) is 100 Å². The van der Waals surface area contributed by atoms with Gasteiger partial charge in [0.2, 0.25) is 0 Å². The second-order valence-electron chi connectivity index (χ2n) is 8.37. The zero-order valence-corrected chi connectivity index (χ0v) is 18.8. The van der Waals surface area contributed by atoms with E-state index >= 15 is 0 Å². The van der Waals surface area contributed by atoms with Gasteiger partial charge in [-0.25, -0.2) is 4.85 Å². The zero-order valence-electron chi connectivity index (χ0n) is 18.8. The van der Waals surface area contributed by atoms with E-state index in [1.165, 1.54) is 34.9 Å². The van der Waals surface area contributed by atoms with E-state index in [1.54, 1.807) is 13.0 Å². The van der Waals surface area contributed by atoms with Crippen LogP contribution in [0.4, 0.5) is 45.2 Å². The van der Waals surface area contributed by atoms with Gasteiger partial charge in [0.25, 0.3) is 0 Å². The highest BCUT2D eigenvalue weighted by molar-refractivity contribution is 5.90. The van der Waals surface area contributed by atoms with Crippen LogP contribution in [0.25, 0.3) is 26.9 Å². The van der Waals surface area contributed by atoms with Gasteiger partial charge in [-0.15, -0.1) is 0 Å². The molecule has 0 amide bonds. The Kier molecular flexibility index (Phi) is 6.26. The highest BCUT2D eigenvalue weighted by Crippen LogP contribution is 2.43. The average Bonchev–Trinajstić information content (AvgIpc) is 3.11. The number of hydrogen-bond donors (Lipinski definition) is 0. The van der Waals surface area contributed by atoms with Crippen molar-refractivity contribution in [2.45, 2.75) is 32.0 Å². The molecule has 0 radical (unpaired) electrons. The molecule has 37 heavy (non-hydrogen) atoms. The summed E-state index contributed by atoms with van der Waals surface area (Å²) < 4.78 is 122. The lowest BCUT2D eigenvalue weighted by Crippen LogP contribution is -2.11. The van der Waals surface area contributed by atoms with E-state index in [4.69, 9.17) is 6.57 Å². The summed E-state index contributed by atoms with van der Waals surface area (Å²) in [5.41, 5.74) is -3.72. The Morgan fingerprint density at radius 2 is 1.35 bits per heavy atom. The summed E-state index contributed by atoms with van der Waals surface area (Å²) in [6.45, 7) is 8.62. The molecule has 0 aliphatic carbocycles. The van der Waals surface area contributed by atoms with Gasteiger partial charge in [-0.05, 0) is 60.0 Å². The normalized spacial score (nSPS) is 12.7. The third kappa shape index (κ3) is 5.14. The fourth-order valence-electron chi connectivity index (χ4n) is 4.21. The van der Waals surface area contributed by atoms with Crippen molar-refractivity contribution in [2.75, 3.05) is 0 Å². The van der Waals surface area contributed by atoms with Crippen molar-refractivity contribution in [3.63, 3.8) is 0 Å². The zero-order chi connectivity index (χ0) is 27.3. The number of aryl methyl sites for hydroxylation is 1. The molecule has 1 aromatic heterocycles. The minimum atomic E-state index is -5.00. The number of rotatable bonds is 3. The molecule has 0 spiro atoms. The average molecular weight is 526 g/mol. The molecule has 4 rings (SSSR count). The summed E-state index contributed by atoms with van der Waals surface area (Å²) in [4.78, 5) is 2.96. The maximum Gasteiger partial charge on any atom is 0.416 e. The number of hydrogen-bond acceptors (Lipinski definition) is 0. The Hall–Kier alpha value is -3.94. The van der Waals surface area contributed by atoms with Crippen LogP contribution in [0.1, 0.15) is 27.9 Å². The maximum absolute atomic E-state index is 13.7. The molecular weight excluding hydrogens is 511 g/mol. The Bertz CT molecular complexity index is 1500. The number of benzene rings is 3. The van der Waals surface area contributed by atoms with Crippen molar-refractivity contribution in [3.8, 4) is 11.1 Å². The van der Waals surface area contributed by atoms with Crippen LogP contribution in [0, 0.1) is 13.5 Å². The van der Waals surface area contributed by atoms with E-state index in [9.17, 15) is 39.5 Å². The lowest BCUT2D eigenvalue weighted by atomic mass is 9.97. The smallest absolute Gasteiger partial charge is 0.341 e. The predicted octanol–water partition coefficient (Wildman–Crippen LogP) is 9.27. The first-order valence-electron chi connectivity index (χ1n) is 10.6. The van der Waals surface area contributed by atoms with E-state index in [1.807, 2.05) is 0 Å². The molecule has 0 saturated heterocycles. The van der Waals surface area contributed by atoms with Crippen LogP contribution in [-0.2, 0) is 25.1 Å². The monoisotopic (exact) mass is 526 g/mol. The number of alkyl halides is 9. The Labute approximate surface area is 204 Å². The van der Waals surface area contributed by atoms with Gasteiger partial charge in [0.15, 0.2) is 5.69 Å². The molecule has 0 N–H and O–H groups in total. The van der Waals surface area contributed by atoms with Gasteiger partial charge in [0.1, 0.15) is 0 Å². The summed E-state index contributed by atoms with van der Waals surface area (Å²) in [7, 11) is 0. The van der Waals surface area contributed by atoms with Gasteiger partial charge in [-0.3, -0.25) is 0 Å². The van der Waals surface area contributed by atoms with Crippen molar-refractivity contribution in [1.29, 1.82) is 0 Å². The van der Waals surface area contributed by atoms with Gasteiger partial charge < -0.3 is 4.57 Å². The fraction of sp³-hybridized carbons (Fsp3) is 0.192. The first-order chi connectivity index (χ1) is 17.1. The largest absolute Gasteiger partial charge is 0.416 e. The highest BCUT2D eigenvalue weighted by atomic mass is 19.4. The molecule has 0 aliphatic heterocycles. The number of fused-ring (bicyclic) bond motifs is 1. The van der Waals surface area contributed by atoms with E-state index in [0.29, 0.717) is 23.4 Å². The SMILES string of the molecule is [C-]#[N+]c1ccc2c(cc(C)n2Cc2cccc(-c3cc(C(F)(F)F)cc(C(F)(F)F)c3)c2)c1C(F)(F)F. The number of halogens is 9. The molecule has 192 valence electrons. The van der Waals surface area contributed by atoms with Crippen molar-refractivity contribution in [2.24, 2.45) is 0 Å². The highest BCUT2D eigenvalue weighted by Gasteiger charge is 2.38. The fourth-order valence-corrected chi connectivity index (χ4v) is 4.21. The third-order valence-corrected chi connectivity index (χ3v) is 5.86. The maximum atomic E-state index is 13.7. The first kappa shape index (κ1) is 26.1. The second kappa shape index (κ2) is 8.87. The van der Waals surface area contributed by atoms with Gasteiger partial charge >= 0.3 is 18.5 Å². The van der Waals surface area contributed by atoms with Gasteiger partial charge in [-0.1, -0.05) is 24.3 Å². The molecule has 0 unspecified atom stereocenters. The quantitative estimate of drug-likeness (QED) is 0.186. The Morgan fingerprint density at radius 3 is 1.89 bits per heavy atom. The predicted molar refractivity (Wildman–Crippen MR) is 119 cm³/mol. The van der Waals surface area contributed by atoms with Crippen LogP contribution in [-0.4, -0.2) is 4.57 Å². The van der Waals surface area contributed by atoms with Crippen LogP contribution in [0.2, 0.25) is 0 Å². The Balaban J connectivity index is 1.81. The van der Waals surface area contributed by atoms with Crippen molar-refractivity contribution >= 4 is 16.6 Å². The summed E-state index contributed by atoms with van der Waals surface area (Å²) >= 11 is 0. The van der Waals surface area contributed by atoms with E-state index in [0.717, 1.165) is 6.07 Å². The van der Waals surface area contributed by atoms with E-state index < -0.39 is 40.9 Å². The molecule has 0 aliphatic rings. The number of aromatic nitrogens is 1. The van der Waals surface area contributed by atoms with Crippen LogP contribution in [0.5, 0.6) is 0 Å². The lowest BCUT2D eigenvalue weighted by Gasteiger charge is -2.15. The number of nitrogens with zero attached hydrogens (tertiary/aromatic N) is 2. The molecule has 4 aromatic rings. The topological polar surface area (TPSA) is 9.29 Å². The van der Waals surface area contributed by atoms with Crippen molar-refractivity contribution < 1.29 is 39.5 Å². The standard InChI is InChI=1S/C26H15F9N2/c1-14-8-20-22(7-6-21(36-2)23(20)26(33,34)35)37(14)13-15-4-3-5-16(9-15)17-10-18(24(27,28)29)12-19(11-17)25(30,31)32/h3-12H,13H2,1H3. The van der Waals surface area contributed by atoms with Crippen LogP contribution >= 0.6 is 0 Å². The van der Waals surface area contributed by atoms with Gasteiger partial charge in [-0.2, -0.15) is 39.5 Å². The lowest BCUT2D eigenvalue weighted by molar-refractivity contribution is -0.143. The molecule has 0 atom stereocenters. The molecule has 2 nitrogen and oxygen atoms in total. The molecule has 1 heterocycles. The summed E-state index contributed by atoms with van der Waals surface area (Å²) in [6.07, 6.45) is -14.8. The minimum absolute atomic E-state index is 0.0110. The first-order valence-corrected chi connectivity index (χ1v) is 10.6. The molecule has 3 aromatic carbocycles. The summed E-state index contributed by atoms with van der Waals surface area (Å²) in [5.74, 6) is 0. The molecule has 11 heteroatoms. The molecule has 0 fully saturated rings. The summed E-state index contributed by atoms with van der Waals surface area (Å²) in [6, 6.07) is 10.7. The van der Waals surface area contributed by atoms with E-state index in [-0.39, 0.29) is 34.6 Å². The second-order valence-corrected chi connectivity index (χ2v) is 8.37. The van der Waals surface area contributed by atoms with Gasteiger partial charge in [0.05, 0.1) is 23.3 Å². The molecular formula is C26H15F9N2. The third-order valence-electron chi connectivity index (χ3n) is 5.86. The van der Waals surface area contributed by atoms with E-state index in [2.05, 4.69) is 4.85 Å².